The SMILES string of the molecule is C[C@@H]1[C@H](C)CCC[C@H]1NC(=O)CN1CCC[C@H](C(N)=O)C1. The van der Waals surface area contributed by atoms with Gasteiger partial charge in [0.15, 0.2) is 0 Å². The van der Waals surface area contributed by atoms with Crippen LogP contribution in [-0.4, -0.2) is 42.4 Å². The van der Waals surface area contributed by atoms with Crippen LogP contribution in [0, 0.1) is 17.8 Å². The van der Waals surface area contributed by atoms with Crippen molar-refractivity contribution in [1.82, 2.24) is 10.2 Å². The molecule has 5 nitrogen and oxygen atoms in total. The molecular weight excluding hydrogens is 266 g/mol. The van der Waals surface area contributed by atoms with Crippen LogP contribution in [-0.2, 0) is 9.59 Å². The normalized spacial score (nSPS) is 34.4. The lowest BCUT2D eigenvalue weighted by Gasteiger charge is -2.36. The lowest BCUT2D eigenvalue weighted by atomic mass is 9.78. The standard InChI is InChI=1S/C16H29N3O2/c1-11-5-3-7-14(12(11)2)18-15(20)10-19-8-4-6-13(9-19)16(17)21/h11-14H,3-10H2,1-2H3,(H2,17,21)(H,18,20)/t11-,12-,13+,14-/m1/s1. The number of carbonyl (C=O) groups is 2. The molecule has 2 amide bonds. The van der Waals surface area contributed by atoms with Gasteiger partial charge in [0.1, 0.15) is 0 Å². The molecule has 0 aromatic carbocycles. The first kappa shape index (κ1) is 16.3. The second kappa shape index (κ2) is 7.25. The van der Waals surface area contributed by atoms with Gasteiger partial charge in [0.2, 0.25) is 11.8 Å². The van der Waals surface area contributed by atoms with Crippen molar-refractivity contribution in [3.8, 4) is 0 Å². The zero-order valence-electron chi connectivity index (χ0n) is 13.3. The van der Waals surface area contributed by atoms with Crippen molar-refractivity contribution in [3.63, 3.8) is 0 Å². The molecule has 5 heteroatoms. The average molecular weight is 295 g/mol. The van der Waals surface area contributed by atoms with Gasteiger partial charge in [-0.25, -0.2) is 0 Å². The van der Waals surface area contributed by atoms with Crippen LogP contribution in [0.3, 0.4) is 0 Å². The molecule has 2 fully saturated rings. The first-order chi connectivity index (χ1) is 9.97. The predicted molar refractivity (Wildman–Crippen MR) is 82.5 cm³/mol. The van der Waals surface area contributed by atoms with Crippen LogP contribution in [0.1, 0.15) is 46.0 Å². The van der Waals surface area contributed by atoms with Crippen LogP contribution >= 0.6 is 0 Å². The fraction of sp³-hybridized carbons (Fsp3) is 0.875. The molecule has 0 radical (unpaired) electrons. The predicted octanol–water partition coefficient (Wildman–Crippen LogP) is 1.12. The number of hydrogen-bond acceptors (Lipinski definition) is 3. The number of carbonyl (C=O) groups excluding carboxylic acids is 2. The Balaban J connectivity index is 1.80. The topological polar surface area (TPSA) is 75.4 Å². The molecule has 1 heterocycles. The number of nitrogens with one attached hydrogen (secondary N) is 1. The first-order valence-electron chi connectivity index (χ1n) is 8.28. The summed E-state index contributed by atoms with van der Waals surface area (Å²) in [5, 5.41) is 3.19. The summed E-state index contributed by atoms with van der Waals surface area (Å²) in [6.07, 6.45) is 5.34. The Morgan fingerprint density at radius 2 is 1.95 bits per heavy atom. The zero-order chi connectivity index (χ0) is 15.4. The summed E-state index contributed by atoms with van der Waals surface area (Å²) in [6, 6.07) is 0.304. The molecule has 1 aliphatic carbocycles. The molecule has 0 aromatic heterocycles. The van der Waals surface area contributed by atoms with Crippen molar-refractivity contribution >= 4 is 11.8 Å². The maximum Gasteiger partial charge on any atom is 0.234 e. The van der Waals surface area contributed by atoms with E-state index in [9.17, 15) is 9.59 Å². The summed E-state index contributed by atoms with van der Waals surface area (Å²) in [7, 11) is 0. The summed E-state index contributed by atoms with van der Waals surface area (Å²) < 4.78 is 0. The quantitative estimate of drug-likeness (QED) is 0.816. The van der Waals surface area contributed by atoms with Gasteiger partial charge in [-0.05, 0) is 37.6 Å². The highest BCUT2D eigenvalue weighted by Gasteiger charge is 2.29. The summed E-state index contributed by atoms with van der Waals surface area (Å²) in [4.78, 5) is 25.6. The van der Waals surface area contributed by atoms with Crippen LogP contribution < -0.4 is 11.1 Å². The number of rotatable bonds is 4. The molecule has 21 heavy (non-hydrogen) atoms. The van der Waals surface area contributed by atoms with Crippen molar-refractivity contribution in [2.45, 2.75) is 52.0 Å². The third-order valence-corrected chi connectivity index (χ3v) is 5.33. The highest BCUT2D eigenvalue weighted by Crippen LogP contribution is 2.29. The Labute approximate surface area is 127 Å². The third-order valence-electron chi connectivity index (χ3n) is 5.33. The number of likely N-dealkylation sites (tertiary alicyclic amines) is 1. The van der Waals surface area contributed by atoms with Gasteiger partial charge in [0.25, 0.3) is 0 Å². The van der Waals surface area contributed by atoms with Gasteiger partial charge in [-0.15, -0.1) is 0 Å². The van der Waals surface area contributed by atoms with Gasteiger partial charge in [0.05, 0.1) is 12.5 Å². The van der Waals surface area contributed by atoms with E-state index in [0.717, 1.165) is 25.8 Å². The van der Waals surface area contributed by atoms with E-state index >= 15 is 0 Å². The average Bonchev–Trinajstić information content (AvgIpc) is 2.44. The van der Waals surface area contributed by atoms with Gasteiger partial charge in [0, 0.05) is 12.6 Å². The van der Waals surface area contributed by atoms with Crippen molar-refractivity contribution < 1.29 is 9.59 Å². The fourth-order valence-electron chi connectivity index (χ4n) is 3.67. The zero-order valence-corrected chi connectivity index (χ0v) is 13.3. The highest BCUT2D eigenvalue weighted by molar-refractivity contribution is 5.79. The van der Waals surface area contributed by atoms with E-state index in [4.69, 9.17) is 5.73 Å². The highest BCUT2D eigenvalue weighted by atomic mass is 16.2. The minimum absolute atomic E-state index is 0.0890. The molecule has 0 unspecified atom stereocenters. The Morgan fingerprint density at radius 3 is 2.67 bits per heavy atom. The van der Waals surface area contributed by atoms with Crippen LogP contribution in [0.25, 0.3) is 0 Å². The first-order valence-corrected chi connectivity index (χ1v) is 8.28. The molecule has 0 bridgehead atoms. The van der Waals surface area contributed by atoms with E-state index in [1.807, 2.05) is 0 Å². The van der Waals surface area contributed by atoms with E-state index in [0.29, 0.717) is 31.0 Å². The summed E-state index contributed by atoms with van der Waals surface area (Å²) in [5.74, 6) is 0.974. The Kier molecular flexibility index (Phi) is 5.62. The number of nitrogens with two attached hydrogens (primary N) is 1. The molecule has 3 N–H and O–H groups in total. The van der Waals surface area contributed by atoms with Crippen LogP contribution in [0.4, 0.5) is 0 Å². The number of nitrogens with zero attached hydrogens (tertiary/aromatic N) is 1. The molecule has 4 atom stereocenters. The van der Waals surface area contributed by atoms with Crippen LogP contribution in [0.15, 0.2) is 0 Å². The minimum Gasteiger partial charge on any atom is -0.369 e. The summed E-state index contributed by atoms with van der Waals surface area (Å²) >= 11 is 0. The smallest absolute Gasteiger partial charge is 0.234 e. The van der Waals surface area contributed by atoms with Gasteiger partial charge in [-0.3, -0.25) is 14.5 Å². The van der Waals surface area contributed by atoms with Crippen molar-refractivity contribution in [2.24, 2.45) is 23.5 Å². The molecule has 0 spiro atoms. The lowest BCUT2D eigenvalue weighted by Crippen LogP contribution is -2.49. The van der Waals surface area contributed by atoms with E-state index < -0.39 is 0 Å². The fourth-order valence-corrected chi connectivity index (χ4v) is 3.67. The molecular formula is C16H29N3O2. The van der Waals surface area contributed by atoms with E-state index in [-0.39, 0.29) is 17.7 Å². The molecule has 120 valence electrons. The maximum absolute atomic E-state index is 12.2. The lowest BCUT2D eigenvalue weighted by molar-refractivity contribution is -0.127. The van der Waals surface area contributed by atoms with Crippen molar-refractivity contribution in [1.29, 1.82) is 0 Å². The number of piperidine rings is 1. The molecule has 2 aliphatic rings. The number of amides is 2. The van der Waals surface area contributed by atoms with Gasteiger partial charge in [-0.1, -0.05) is 26.7 Å². The molecule has 1 aliphatic heterocycles. The Bertz CT molecular complexity index is 386. The second-order valence-electron chi connectivity index (χ2n) is 6.92. The molecule has 1 saturated heterocycles. The Hall–Kier alpha value is -1.10. The van der Waals surface area contributed by atoms with Gasteiger partial charge < -0.3 is 11.1 Å². The van der Waals surface area contributed by atoms with Crippen molar-refractivity contribution in [2.75, 3.05) is 19.6 Å². The molecule has 0 aromatic rings. The number of primary amides is 1. The minimum atomic E-state index is -0.241. The maximum atomic E-state index is 12.2. The van der Waals surface area contributed by atoms with Crippen LogP contribution in [0.5, 0.6) is 0 Å². The second-order valence-corrected chi connectivity index (χ2v) is 6.92. The van der Waals surface area contributed by atoms with Gasteiger partial charge >= 0.3 is 0 Å². The van der Waals surface area contributed by atoms with E-state index in [2.05, 4.69) is 24.1 Å². The molecule has 2 rings (SSSR count). The number of hydrogen-bond donors (Lipinski definition) is 2. The third kappa shape index (κ3) is 4.43. The van der Waals surface area contributed by atoms with E-state index in [1.54, 1.807) is 0 Å². The van der Waals surface area contributed by atoms with E-state index in [1.165, 1.54) is 12.8 Å². The van der Waals surface area contributed by atoms with Crippen LogP contribution in [0.2, 0.25) is 0 Å². The van der Waals surface area contributed by atoms with Crippen molar-refractivity contribution in [3.05, 3.63) is 0 Å². The summed E-state index contributed by atoms with van der Waals surface area (Å²) in [5.41, 5.74) is 5.38. The molecule has 1 saturated carbocycles. The monoisotopic (exact) mass is 295 g/mol. The largest absolute Gasteiger partial charge is 0.369 e. The Morgan fingerprint density at radius 1 is 1.19 bits per heavy atom. The summed E-state index contributed by atoms with van der Waals surface area (Å²) in [6.45, 7) is 6.40. The van der Waals surface area contributed by atoms with Gasteiger partial charge in [-0.2, -0.15) is 0 Å².